The molecule has 27 heavy (non-hydrogen) atoms. The molecule has 1 atom stereocenters. The first-order chi connectivity index (χ1) is 12.9. The number of amides is 2. The van der Waals surface area contributed by atoms with Gasteiger partial charge in [-0.2, -0.15) is 5.10 Å². The van der Waals surface area contributed by atoms with Gasteiger partial charge < -0.3 is 9.80 Å². The van der Waals surface area contributed by atoms with Gasteiger partial charge in [0, 0.05) is 37.9 Å². The smallest absolute Gasteiger partial charge is 0.253 e. The molecule has 0 N–H and O–H groups in total. The summed E-state index contributed by atoms with van der Waals surface area (Å²) in [5.41, 5.74) is 3.27. The number of likely N-dealkylation sites (tertiary alicyclic amines) is 2. The summed E-state index contributed by atoms with van der Waals surface area (Å²) in [4.78, 5) is 29.3. The first-order valence-corrected chi connectivity index (χ1v) is 9.58. The zero-order chi connectivity index (χ0) is 19.2. The number of aromatic nitrogens is 2. The predicted octanol–water partition coefficient (Wildman–Crippen LogP) is 2.57. The van der Waals surface area contributed by atoms with E-state index >= 15 is 0 Å². The van der Waals surface area contributed by atoms with Gasteiger partial charge in [-0.1, -0.05) is 0 Å². The van der Waals surface area contributed by atoms with E-state index < -0.39 is 0 Å². The predicted molar refractivity (Wildman–Crippen MR) is 103 cm³/mol. The van der Waals surface area contributed by atoms with Crippen LogP contribution in [0.4, 0.5) is 0 Å². The Balaban J connectivity index is 1.50. The van der Waals surface area contributed by atoms with Gasteiger partial charge in [0.2, 0.25) is 5.91 Å². The lowest BCUT2D eigenvalue weighted by Crippen LogP contribution is -2.48. The molecule has 2 aliphatic rings. The fourth-order valence-electron chi connectivity index (χ4n) is 4.51. The zero-order valence-corrected chi connectivity index (χ0v) is 16.2. The number of rotatable bonds is 2. The Labute approximate surface area is 159 Å². The molecule has 3 heterocycles. The summed E-state index contributed by atoms with van der Waals surface area (Å²) in [7, 11) is 1.87. The minimum absolute atomic E-state index is 0.00724. The molecule has 4 rings (SSSR count). The Hall–Kier alpha value is -2.63. The van der Waals surface area contributed by atoms with Crippen molar-refractivity contribution >= 4 is 11.8 Å². The standard InChI is InChI=1S/C21H26N4O2/c1-15-13-16(2)25(22-15)18-7-5-17(6-8-18)19(26)24-12-10-21(14-24)9-4-11-23(3)20(21)27/h5-8,13H,4,9-12,14H2,1-3H3/t21-/m0/s1. The average molecular weight is 366 g/mol. The van der Waals surface area contributed by atoms with E-state index in [0.717, 1.165) is 42.9 Å². The second-order valence-corrected chi connectivity index (χ2v) is 7.97. The first-order valence-electron chi connectivity index (χ1n) is 9.58. The van der Waals surface area contributed by atoms with E-state index in [4.69, 9.17) is 0 Å². The van der Waals surface area contributed by atoms with E-state index in [9.17, 15) is 9.59 Å². The summed E-state index contributed by atoms with van der Waals surface area (Å²) in [5.74, 6) is 0.205. The van der Waals surface area contributed by atoms with Gasteiger partial charge >= 0.3 is 0 Å². The van der Waals surface area contributed by atoms with E-state index in [0.29, 0.717) is 18.7 Å². The fraction of sp³-hybridized carbons (Fsp3) is 0.476. The number of hydrogen-bond donors (Lipinski definition) is 0. The highest BCUT2D eigenvalue weighted by Gasteiger charge is 2.48. The Morgan fingerprint density at radius 2 is 1.85 bits per heavy atom. The van der Waals surface area contributed by atoms with Crippen molar-refractivity contribution in [2.45, 2.75) is 33.1 Å². The Kier molecular flexibility index (Phi) is 4.29. The van der Waals surface area contributed by atoms with Crippen LogP contribution >= 0.6 is 0 Å². The summed E-state index contributed by atoms with van der Waals surface area (Å²) in [6.07, 6.45) is 2.67. The van der Waals surface area contributed by atoms with Gasteiger partial charge in [0.1, 0.15) is 0 Å². The molecule has 1 aromatic carbocycles. The molecule has 2 fully saturated rings. The van der Waals surface area contributed by atoms with E-state index in [2.05, 4.69) is 5.10 Å². The molecule has 6 nitrogen and oxygen atoms in total. The van der Waals surface area contributed by atoms with Gasteiger partial charge in [-0.05, 0) is 63.4 Å². The number of carbonyl (C=O) groups is 2. The number of piperidine rings is 1. The molecule has 1 aromatic heterocycles. The van der Waals surface area contributed by atoms with E-state index in [1.807, 2.05) is 65.7 Å². The second-order valence-electron chi connectivity index (χ2n) is 7.97. The quantitative estimate of drug-likeness (QED) is 0.821. The third kappa shape index (κ3) is 3.03. The number of benzene rings is 1. The lowest BCUT2D eigenvalue weighted by Gasteiger charge is -2.37. The fourth-order valence-corrected chi connectivity index (χ4v) is 4.51. The van der Waals surface area contributed by atoms with Crippen LogP contribution in [0.25, 0.3) is 5.69 Å². The number of carbonyl (C=O) groups excluding carboxylic acids is 2. The third-order valence-electron chi connectivity index (χ3n) is 5.96. The summed E-state index contributed by atoms with van der Waals surface area (Å²) in [6.45, 7) is 5.99. The average Bonchev–Trinajstić information content (AvgIpc) is 3.23. The van der Waals surface area contributed by atoms with Crippen molar-refractivity contribution in [2.75, 3.05) is 26.7 Å². The van der Waals surface area contributed by atoms with Crippen molar-refractivity contribution in [3.8, 4) is 5.69 Å². The maximum atomic E-state index is 13.0. The molecule has 0 unspecified atom stereocenters. The molecule has 2 saturated heterocycles. The van der Waals surface area contributed by atoms with Crippen LogP contribution in [0.15, 0.2) is 30.3 Å². The van der Waals surface area contributed by atoms with E-state index in [1.54, 1.807) is 0 Å². The molecule has 2 aliphatic heterocycles. The maximum Gasteiger partial charge on any atom is 0.253 e. The van der Waals surface area contributed by atoms with Crippen molar-refractivity contribution in [3.05, 3.63) is 47.3 Å². The van der Waals surface area contributed by atoms with Crippen molar-refractivity contribution in [3.63, 3.8) is 0 Å². The summed E-state index contributed by atoms with van der Waals surface area (Å²) in [6, 6.07) is 9.60. The number of hydrogen-bond acceptors (Lipinski definition) is 3. The van der Waals surface area contributed by atoms with Gasteiger partial charge in [0.05, 0.1) is 16.8 Å². The van der Waals surface area contributed by atoms with Crippen LogP contribution in [0, 0.1) is 19.3 Å². The van der Waals surface area contributed by atoms with Crippen molar-refractivity contribution in [1.82, 2.24) is 19.6 Å². The normalized spacial score (nSPS) is 22.7. The largest absolute Gasteiger partial charge is 0.345 e. The van der Waals surface area contributed by atoms with E-state index in [1.165, 1.54) is 0 Å². The Morgan fingerprint density at radius 1 is 1.11 bits per heavy atom. The molecule has 2 aromatic rings. The number of nitrogens with zero attached hydrogens (tertiary/aromatic N) is 4. The molecular weight excluding hydrogens is 340 g/mol. The zero-order valence-electron chi connectivity index (χ0n) is 16.2. The van der Waals surface area contributed by atoms with Crippen LogP contribution in [0.1, 0.15) is 41.0 Å². The van der Waals surface area contributed by atoms with Crippen LogP contribution in [0.5, 0.6) is 0 Å². The summed E-state index contributed by atoms with van der Waals surface area (Å²) < 4.78 is 1.88. The van der Waals surface area contributed by atoms with Gasteiger partial charge in [-0.3, -0.25) is 9.59 Å². The highest BCUT2D eigenvalue weighted by Crippen LogP contribution is 2.40. The van der Waals surface area contributed by atoms with Crippen molar-refractivity contribution in [1.29, 1.82) is 0 Å². The lowest BCUT2D eigenvalue weighted by atomic mass is 9.78. The Morgan fingerprint density at radius 3 is 2.52 bits per heavy atom. The molecule has 142 valence electrons. The monoisotopic (exact) mass is 366 g/mol. The van der Waals surface area contributed by atoms with Crippen LogP contribution in [0.2, 0.25) is 0 Å². The molecule has 0 bridgehead atoms. The Bertz CT molecular complexity index is 886. The second kappa shape index (κ2) is 6.51. The molecule has 0 aliphatic carbocycles. The van der Waals surface area contributed by atoms with Crippen molar-refractivity contribution < 1.29 is 9.59 Å². The lowest BCUT2D eigenvalue weighted by molar-refractivity contribution is -0.143. The third-order valence-corrected chi connectivity index (χ3v) is 5.96. The van der Waals surface area contributed by atoms with Crippen LogP contribution in [-0.2, 0) is 4.79 Å². The van der Waals surface area contributed by atoms with Crippen molar-refractivity contribution in [2.24, 2.45) is 5.41 Å². The molecule has 6 heteroatoms. The highest BCUT2D eigenvalue weighted by atomic mass is 16.2. The molecule has 1 spiro atoms. The minimum atomic E-state index is -0.369. The summed E-state index contributed by atoms with van der Waals surface area (Å²) in [5, 5.41) is 4.48. The molecule has 0 saturated carbocycles. The molecule has 2 amide bonds. The van der Waals surface area contributed by atoms with Gasteiger partial charge in [-0.15, -0.1) is 0 Å². The van der Waals surface area contributed by atoms with E-state index in [-0.39, 0.29) is 17.2 Å². The highest BCUT2D eigenvalue weighted by molar-refractivity contribution is 5.95. The first kappa shape index (κ1) is 17.8. The van der Waals surface area contributed by atoms with Crippen LogP contribution in [0.3, 0.4) is 0 Å². The topological polar surface area (TPSA) is 58.4 Å². The summed E-state index contributed by atoms with van der Waals surface area (Å²) >= 11 is 0. The SMILES string of the molecule is Cc1cc(C)n(-c2ccc(C(=O)N3CC[C@@]4(CCCN(C)C4=O)C3)cc2)n1. The molecule has 0 radical (unpaired) electrons. The van der Waals surface area contributed by atoms with Gasteiger partial charge in [-0.25, -0.2) is 4.68 Å². The van der Waals surface area contributed by atoms with Crippen LogP contribution < -0.4 is 0 Å². The molecular formula is C21H26N4O2. The number of aryl methyl sites for hydroxylation is 2. The van der Waals surface area contributed by atoms with Gasteiger partial charge in [0.15, 0.2) is 0 Å². The van der Waals surface area contributed by atoms with Gasteiger partial charge in [0.25, 0.3) is 5.91 Å². The van der Waals surface area contributed by atoms with Crippen LogP contribution in [-0.4, -0.2) is 58.1 Å². The maximum absolute atomic E-state index is 13.0. The minimum Gasteiger partial charge on any atom is -0.345 e.